The molecule has 0 heterocycles. The molecule has 0 aliphatic heterocycles. The number of aryl methyl sites for hydroxylation is 1. The van der Waals surface area contributed by atoms with E-state index in [2.05, 4.69) is 5.32 Å². The van der Waals surface area contributed by atoms with Crippen LogP contribution < -0.4 is 11.1 Å². The van der Waals surface area contributed by atoms with E-state index in [0.717, 1.165) is 6.21 Å². The molecule has 1 aromatic carbocycles. The number of amides is 1. The van der Waals surface area contributed by atoms with Gasteiger partial charge in [-0.3, -0.25) is 4.79 Å². The van der Waals surface area contributed by atoms with E-state index in [1.54, 1.807) is 6.92 Å². The number of nitrogens with one attached hydrogen (secondary N) is 2. The van der Waals surface area contributed by atoms with Crippen LogP contribution in [-0.4, -0.2) is 19.2 Å². The molecule has 0 unspecified atom stereocenters. The average Bonchev–Trinajstić information content (AvgIpc) is 2.32. The Morgan fingerprint density at radius 2 is 2.12 bits per heavy atom. The number of rotatable bonds is 3. The van der Waals surface area contributed by atoms with Crippen molar-refractivity contribution in [2.45, 2.75) is 6.92 Å². The van der Waals surface area contributed by atoms with Gasteiger partial charge in [-0.1, -0.05) is 0 Å². The van der Waals surface area contributed by atoms with E-state index in [4.69, 9.17) is 11.1 Å². The van der Waals surface area contributed by atoms with Gasteiger partial charge in [-0.15, -0.1) is 0 Å². The lowest BCUT2D eigenvalue weighted by atomic mass is 9.98. The molecule has 1 aromatic rings. The summed E-state index contributed by atoms with van der Waals surface area (Å²) in [5, 5.41) is 9.56. The quantitative estimate of drug-likeness (QED) is 0.693. The molecule has 1 rings (SSSR count). The summed E-state index contributed by atoms with van der Waals surface area (Å²) in [7, 11) is 1.43. The van der Waals surface area contributed by atoms with Gasteiger partial charge in [0.05, 0.1) is 5.56 Å². The van der Waals surface area contributed by atoms with Gasteiger partial charge < -0.3 is 16.5 Å². The molecule has 0 atom stereocenters. The third-order valence-corrected chi connectivity index (χ3v) is 2.43. The van der Waals surface area contributed by atoms with Gasteiger partial charge >= 0.3 is 0 Å². The minimum absolute atomic E-state index is 0.0608. The zero-order valence-corrected chi connectivity index (χ0v) is 9.67. The van der Waals surface area contributed by atoms with Gasteiger partial charge in [-0.05, 0) is 30.2 Å². The standard InChI is InChI=1S/C12H14FN3O/c1-7-3-11(13)10(12(17)16-2)4-9(7)8(5-14)6-15/h3-6,14H,15H2,1-2H3,(H,16,17). The van der Waals surface area contributed by atoms with E-state index in [1.807, 2.05) is 0 Å². The second kappa shape index (κ2) is 5.25. The molecule has 0 aromatic heterocycles. The second-order valence-electron chi connectivity index (χ2n) is 3.49. The molecule has 4 N–H and O–H groups in total. The summed E-state index contributed by atoms with van der Waals surface area (Å²) in [6, 6.07) is 2.65. The number of carbonyl (C=O) groups is 1. The van der Waals surface area contributed by atoms with Gasteiger partial charge in [0.1, 0.15) is 5.82 Å². The highest BCUT2D eigenvalue weighted by Crippen LogP contribution is 2.21. The van der Waals surface area contributed by atoms with Gasteiger partial charge in [0.2, 0.25) is 0 Å². The van der Waals surface area contributed by atoms with Gasteiger partial charge in [-0.2, -0.15) is 0 Å². The van der Waals surface area contributed by atoms with Crippen molar-refractivity contribution < 1.29 is 9.18 Å². The van der Waals surface area contributed by atoms with Crippen LogP contribution in [0, 0.1) is 18.2 Å². The van der Waals surface area contributed by atoms with Crippen LogP contribution >= 0.6 is 0 Å². The van der Waals surface area contributed by atoms with Crippen LogP contribution in [0.5, 0.6) is 0 Å². The molecule has 1 amide bonds. The largest absolute Gasteiger partial charge is 0.404 e. The van der Waals surface area contributed by atoms with E-state index >= 15 is 0 Å². The third kappa shape index (κ3) is 2.50. The molecular formula is C12H14FN3O. The highest BCUT2D eigenvalue weighted by Gasteiger charge is 2.14. The first-order chi connectivity index (χ1) is 8.04. The van der Waals surface area contributed by atoms with Crippen LogP contribution in [0.25, 0.3) is 5.57 Å². The van der Waals surface area contributed by atoms with Crippen molar-refractivity contribution in [3.8, 4) is 0 Å². The topological polar surface area (TPSA) is 79.0 Å². The minimum Gasteiger partial charge on any atom is -0.404 e. The first kappa shape index (κ1) is 12.9. The molecule has 0 saturated heterocycles. The van der Waals surface area contributed by atoms with Crippen molar-refractivity contribution in [2.75, 3.05) is 7.05 Å². The Morgan fingerprint density at radius 3 is 2.59 bits per heavy atom. The number of hydrogen-bond acceptors (Lipinski definition) is 3. The van der Waals surface area contributed by atoms with E-state index < -0.39 is 11.7 Å². The van der Waals surface area contributed by atoms with Crippen LogP contribution in [0.2, 0.25) is 0 Å². The van der Waals surface area contributed by atoms with Gasteiger partial charge in [0, 0.05) is 25.0 Å². The molecule has 0 fully saturated rings. The molecule has 5 heteroatoms. The van der Waals surface area contributed by atoms with Crippen LogP contribution in [0.3, 0.4) is 0 Å². The molecule has 0 radical (unpaired) electrons. The number of hydrogen-bond donors (Lipinski definition) is 3. The fourth-order valence-corrected chi connectivity index (χ4v) is 1.51. The molecule has 4 nitrogen and oxygen atoms in total. The van der Waals surface area contributed by atoms with Crippen LogP contribution in [-0.2, 0) is 0 Å². The second-order valence-corrected chi connectivity index (χ2v) is 3.49. The molecule has 0 aliphatic carbocycles. The monoisotopic (exact) mass is 235 g/mol. The summed E-state index contributed by atoms with van der Waals surface area (Å²) in [5.41, 5.74) is 6.94. The van der Waals surface area contributed by atoms with Crippen molar-refractivity contribution >= 4 is 17.7 Å². The van der Waals surface area contributed by atoms with Crippen molar-refractivity contribution in [1.82, 2.24) is 5.32 Å². The Hall–Kier alpha value is -2.17. The molecule has 17 heavy (non-hydrogen) atoms. The predicted molar refractivity (Wildman–Crippen MR) is 65.5 cm³/mol. The van der Waals surface area contributed by atoms with Crippen molar-refractivity contribution in [2.24, 2.45) is 5.73 Å². The fourth-order valence-electron chi connectivity index (χ4n) is 1.51. The summed E-state index contributed by atoms with van der Waals surface area (Å²) in [5.74, 6) is -1.10. The van der Waals surface area contributed by atoms with Gasteiger partial charge in [0.25, 0.3) is 5.91 Å². The third-order valence-electron chi connectivity index (χ3n) is 2.43. The Balaban J connectivity index is 3.43. The highest BCUT2D eigenvalue weighted by atomic mass is 19.1. The van der Waals surface area contributed by atoms with E-state index in [1.165, 1.54) is 25.4 Å². The lowest BCUT2D eigenvalue weighted by molar-refractivity contribution is 0.0959. The lowest BCUT2D eigenvalue weighted by Gasteiger charge is -2.09. The number of halogens is 1. The first-order valence-electron chi connectivity index (χ1n) is 5.00. The Morgan fingerprint density at radius 1 is 1.47 bits per heavy atom. The average molecular weight is 235 g/mol. The Labute approximate surface area is 98.8 Å². The molecule has 0 aliphatic rings. The Bertz CT molecular complexity index is 495. The van der Waals surface area contributed by atoms with E-state index in [0.29, 0.717) is 16.7 Å². The maximum absolute atomic E-state index is 13.6. The zero-order valence-electron chi connectivity index (χ0n) is 9.67. The summed E-state index contributed by atoms with van der Waals surface area (Å²) < 4.78 is 13.6. The first-order valence-corrected chi connectivity index (χ1v) is 5.00. The summed E-state index contributed by atoms with van der Waals surface area (Å²) >= 11 is 0. The molecule has 90 valence electrons. The van der Waals surface area contributed by atoms with E-state index in [9.17, 15) is 9.18 Å². The Kier molecular flexibility index (Phi) is 3.98. The van der Waals surface area contributed by atoms with Crippen molar-refractivity contribution in [3.05, 3.63) is 40.8 Å². The van der Waals surface area contributed by atoms with Crippen molar-refractivity contribution in [1.29, 1.82) is 5.41 Å². The summed E-state index contributed by atoms with van der Waals surface area (Å²) in [4.78, 5) is 11.4. The maximum atomic E-state index is 13.6. The van der Waals surface area contributed by atoms with Crippen LogP contribution in [0.1, 0.15) is 21.5 Å². The lowest BCUT2D eigenvalue weighted by Crippen LogP contribution is -2.19. The molecule has 0 spiro atoms. The van der Waals surface area contributed by atoms with Crippen LogP contribution in [0.4, 0.5) is 4.39 Å². The molecule has 0 saturated carbocycles. The number of nitrogens with two attached hydrogens (primary N) is 1. The molecule has 0 bridgehead atoms. The summed E-state index contributed by atoms with van der Waals surface area (Å²) in [6.45, 7) is 1.69. The minimum atomic E-state index is -0.591. The normalized spacial score (nSPS) is 11.1. The van der Waals surface area contributed by atoms with Crippen molar-refractivity contribution in [3.63, 3.8) is 0 Å². The van der Waals surface area contributed by atoms with Gasteiger partial charge in [0.15, 0.2) is 0 Å². The van der Waals surface area contributed by atoms with Gasteiger partial charge in [-0.25, -0.2) is 4.39 Å². The number of benzene rings is 1. The zero-order chi connectivity index (χ0) is 13.0. The highest BCUT2D eigenvalue weighted by molar-refractivity contribution is 6.09. The fraction of sp³-hybridized carbons (Fsp3) is 0.167. The SMILES string of the molecule is CNC(=O)c1cc(C(C=N)=CN)c(C)cc1F. The number of allylic oxidation sites excluding steroid dienone is 1. The van der Waals surface area contributed by atoms with Crippen LogP contribution in [0.15, 0.2) is 18.3 Å². The molecular weight excluding hydrogens is 221 g/mol. The maximum Gasteiger partial charge on any atom is 0.254 e. The summed E-state index contributed by atoms with van der Waals surface area (Å²) in [6.07, 6.45) is 2.31. The predicted octanol–water partition coefficient (Wildman–Crippen LogP) is 1.44. The van der Waals surface area contributed by atoms with E-state index in [-0.39, 0.29) is 5.56 Å². The smallest absolute Gasteiger partial charge is 0.254 e. The number of carbonyl (C=O) groups excluding carboxylic acids is 1.